The monoisotopic (exact) mass is 282 g/mol. The second-order valence-electron chi connectivity index (χ2n) is 5.01. The van der Waals surface area contributed by atoms with Crippen LogP contribution in [0, 0.1) is 13.8 Å². The van der Waals surface area contributed by atoms with E-state index in [0.717, 1.165) is 24.5 Å². The number of ether oxygens (including phenoxy) is 1. The molecule has 0 fully saturated rings. The highest BCUT2D eigenvalue weighted by molar-refractivity contribution is 5.76. The van der Waals surface area contributed by atoms with E-state index in [-0.39, 0.29) is 18.5 Å². The highest BCUT2D eigenvalue weighted by atomic mass is 16.5. The first kappa shape index (κ1) is 16.7. The minimum Gasteiger partial charge on any atom is -0.383 e. The molecule has 1 aromatic heterocycles. The molecule has 0 saturated carbocycles. The molecular formula is C14H26N4O2. The lowest BCUT2D eigenvalue weighted by Crippen LogP contribution is -2.38. The fourth-order valence-electron chi connectivity index (χ4n) is 2.14. The molecule has 2 N–H and O–H groups in total. The fraction of sp³-hybridized carbons (Fsp3) is 0.714. The molecule has 0 aliphatic carbocycles. The van der Waals surface area contributed by atoms with Crippen molar-refractivity contribution in [1.82, 2.24) is 20.4 Å². The number of carbonyl (C=O) groups is 1. The van der Waals surface area contributed by atoms with E-state index in [0.29, 0.717) is 6.61 Å². The SMILES string of the molecule is CCNCc1c(C)nn(CC(=O)NC(C)COC)c1C. The number of amides is 1. The molecule has 6 heteroatoms. The van der Waals surface area contributed by atoms with Gasteiger partial charge in [-0.15, -0.1) is 0 Å². The van der Waals surface area contributed by atoms with Crippen molar-refractivity contribution in [2.45, 2.75) is 46.8 Å². The van der Waals surface area contributed by atoms with Crippen LogP contribution < -0.4 is 10.6 Å². The summed E-state index contributed by atoms with van der Waals surface area (Å²) in [4.78, 5) is 11.9. The lowest BCUT2D eigenvalue weighted by atomic mass is 10.2. The molecule has 0 saturated heterocycles. The highest BCUT2D eigenvalue weighted by Gasteiger charge is 2.14. The van der Waals surface area contributed by atoms with Gasteiger partial charge in [-0.3, -0.25) is 9.48 Å². The quantitative estimate of drug-likeness (QED) is 0.739. The zero-order valence-electron chi connectivity index (χ0n) is 13.1. The van der Waals surface area contributed by atoms with E-state index in [4.69, 9.17) is 4.74 Å². The molecule has 1 amide bonds. The average Bonchev–Trinajstić information content (AvgIpc) is 2.62. The van der Waals surface area contributed by atoms with Crippen molar-refractivity contribution in [3.05, 3.63) is 17.0 Å². The Labute approximate surface area is 120 Å². The third-order valence-corrected chi connectivity index (χ3v) is 3.20. The third-order valence-electron chi connectivity index (χ3n) is 3.20. The van der Waals surface area contributed by atoms with Gasteiger partial charge in [-0.25, -0.2) is 0 Å². The summed E-state index contributed by atoms with van der Waals surface area (Å²) < 4.78 is 6.76. The Balaban J connectivity index is 2.66. The maximum atomic E-state index is 11.9. The Kier molecular flexibility index (Phi) is 6.67. The molecule has 1 atom stereocenters. The van der Waals surface area contributed by atoms with Crippen LogP contribution in [0.3, 0.4) is 0 Å². The number of nitrogens with zero attached hydrogens (tertiary/aromatic N) is 2. The molecule has 0 bridgehead atoms. The van der Waals surface area contributed by atoms with Gasteiger partial charge in [0.1, 0.15) is 6.54 Å². The van der Waals surface area contributed by atoms with E-state index in [9.17, 15) is 4.79 Å². The summed E-state index contributed by atoms with van der Waals surface area (Å²) in [6.45, 7) is 10.4. The molecule has 1 unspecified atom stereocenters. The van der Waals surface area contributed by atoms with Crippen LogP contribution in [0.15, 0.2) is 0 Å². The van der Waals surface area contributed by atoms with Crippen LogP contribution in [0.4, 0.5) is 0 Å². The Hall–Kier alpha value is -1.40. The van der Waals surface area contributed by atoms with Gasteiger partial charge in [0.25, 0.3) is 0 Å². The molecule has 0 aliphatic heterocycles. The molecule has 114 valence electrons. The van der Waals surface area contributed by atoms with Gasteiger partial charge in [0.2, 0.25) is 5.91 Å². The van der Waals surface area contributed by atoms with Gasteiger partial charge in [0.05, 0.1) is 12.3 Å². The Morgan fingerprint density at radius 2 is 2.15 bits per heavy atom. The van der Waals surface area contributed by atoms with Crippen LogP contribution >= 0.6 is 0 Å². The molecule has 1 rings (SSSR count). The van der Waals surface area contributed by atoms with Crippen molar-refractivity contribution in [3.63, 3.8) is 0 Å². The summed E-state index contributed by atoms with van der Waals surface area (Å²) in [5.74, 6) is -0.0462. The lowest BCUT2D eigenvalue weighted by Gasteiger charge is -2.13. The van der Waals surface area contributed by atoms with Crippen molar-refractivity contribution in [2.24, 2.45) is 0 Å². The van der Waals surface area contributed by atoms with Gasteiger partial charge < -0.3 is 15.4 Å². The molecule has 0 radical (unpaired) electrons. The highest BCUT2D eigenvalue weighted by Crippen LogP contribution is 2.12. The van der Waals surface area contributed by atoms with Crippen molar-refractivity contribution >= 4 is 5.91 Å². The number of aromatic nitrogens is 2. The zero-order valence-corrected chi connectivity index (χ0v) is 13.1. The van der Waals surface area contributed by atoms with Crippen LogP contribution in [0.2, 0.25) is 0 Å². The molecular weight excluding hydrogens is 256 g/mol. The largest absolute Gasteiger partial charge is 0.383 e. The molecule has 0 aliphatic rings. The van der Waals surface area contributed by atoms with E-state index >= 15 is 0 Å². The molecule has 0 spiro atoms. The maximum absolute atomic E-state index is 11.9. The number of aryl methyl sites for hydroxylation is 1. The summed E-state index contributed by atoms with van der Waals surface area (Å²) in [6.07, 6.45) is 0. The number of hydrogen-bond acceptors (Lipinski definition) is 4. The normalized spacial score (nSPS) is 12.4. The van der Waals surface area contributed by atoms with Crippen molar-refractivity contribution < 1.29 is 9.53 Å². The molecule has 20 heavy (non-hydrogen) atoms. The number of nitrogens with one attached hydrogen (secondary N) is 2. The van der Waals surface area contributed by atoms with Crippen LogP contribution in [0.5, 0.6) is 0 Å². The second-order valence-corrected chi connectivity index (χ2v) is 5.01. The van der Waals surface area contributed by atoms with E-state index in [1.165, 1.54) is 5.56 Å². The smallest absolute Gasteiger partial charge is 0.242 e. The lowest BCUT2D eigenvalue weighted by molar-refractivity contribution is -0.122. The van der Waals surface area contributed by atoms with E-state index < -0.39 is 0 Å². The van der Waals surface area contributed by atoms with Crippen LogP contribution in [0.1, 0.15) is 30.8 Å². The van der Waals surface area contributed by atoms with E-state index in [1.807, 2.05) is 20.8 Å². The summed E-state index contributed by atoms with van der Waals surface area (Å²) in [7, 11) is 1.62. The summed E-state index contributed by atoms with van der Waals surface area (Å²) in [5, 5.41) is 10.6. The van der Waals surface area contributed by atoms with Gasteiger partial charge in [-0.05, 0) is 27.3 Å². The first-order valence-corrected chi connectivity index (χ1v) is 7.01. The Morgan fingerprint density at radius 1 is 1.45 bits per heavy atom. The topological polar surface area (TPSA) is 68.2 Å². The second kappa shape index (κ2) is 8.01. The Morgan fingerprint density at radius 3 is 2.75 bits per heavy atom. The number of methoxy groups -OCH3 is 1. The fourth-order valence-corrected chi connectivity index (χ4v) is 2.14. The third kappa shape index (κ3) is 4.61. The van der Waals surface area contributed by atoms with Gasteiger partial charge >= 0.3 is 0 Å². The first-order valence-electron chi connectivity index (χ1n) is 7.01. The van der Waals surface area contributed by atoms with E-state index in [2.05, 4.69) is 22.7 Å². The van der Waals surface area contributed by atoms with Crippen molar-refractivity contribution in [1.29, 1.82) is 0 Å². The standard InChI is InChI=1S/C14H26N4O2/c1-6-15-7-13-11(3)17-18(12(13)4)8-14(19)16-10(2)9-20-5/h10,15H,6-9H2,1-5H3,(H,16,19). The molecule has 1 heterocycles. The van der Waals surface area contributed by atoms with Crippen LogP contribution in [-0.4, -0.2) is 42.0 Å². The Bertz CT molecular complexity index is 443. The molecule has 1 aromatic rings. The van der Waals surface area contributed by atoms with Gasteiger partial charge in [-0.2, -0.15) is 5.10 Å². The van der Waals surface area contributed by atoms with Gasteiger partial charge in [0, 0.05) is 31.0 Å². The zero-order chi connectivity index (χ0) is 15.1. The van der Waals surface area contributed by atoms with Gasteiger partial charge in [-0.1, -0.05) is 6.92 Å². The predicted octanol–water partition coefficient (Wildman–Crippen LogP) is 0.761. The predicted molar refractivity (Wildman–Crippen MR) is 78.6 cm³/mol. The summed E-state index contributed by atoms with van der Waals surface area (Å²) in [5.41, 5.74) is 3.18. The van der Waals surface area contributed by atoms with Crippen molar-refractivity contribution in [2.75, 3.05) is 20.3 Å². The van der Waals surface area contributed by atoms with E-state index in [1.54, 1.807) is 11.8 Å². The minimum atomic E-state index is -0.0462. The summed E-state index contributed by atoms with van der Waals surface area (Å²) in [6, 6.07) is 0.00527. The first-order chi connectivity index (χ1) is 9.49. The number of carbonyl (C=O) groups excluding carboxylic acids is 1. The maximum Gasteiger partial charge on any atom is 0.242 e. The van der Waals surface area contributed by atoms with Crippen LogP contribution in [0.25, 0.3) is 0 Å². The average molecular weight is 282 g/mol. The molecule has 0 aromatic carbocycles. The molecule has 6 nitrogen and oxygen atoms in total. The van der Waals surface area contributed by atoms with Gasteiger partial charge in [0.15, 0.2) is 0 Å². The number of rotatable bonds is 8. The number of hydrogen-bond donors (Lipinski definition) is 2. The van der Waals surface area contributed by atoms with Crippen molar-refractivity contribution in [3.8, 4) is 0 Å². The minimum absolute atomic E-state index is 0.00527. The van der Waals surface area contributed by atoms with Crippen LogP contribution in [-0.2, 0) is 22.6 Å². The summed E-state index contributed by atoms with van der Waals surface area (Å²) >= 11 is 0.